The molecular weight excluding hydrogens is 406 g/mol. The van der Waals surface area contributed by atoms with Crippen LogP contribution in [0.5, 0.6) is 0 Å². The molecule has 0 aliphatic carbocycles. The first-order valence-corrected chi connectivity index (χ1v) is 9.10. The number of amides is 1. The maximum atomic E-state index is 11.5. The second-order valence-corrected chi connectivity index (χ2v) is 7.37. The van der Waals surface area contributed by atoms with Gasteiger partial charge in [0.25, 0.3) is 5.91 Å². The fourth-order valence-electron chi connectivity index (χ4n) is 2.58. The molecule has 2 N–H and O–H groups in total. The van der Waals surface area contributed by atoms with Crippen LogP contribution in [0.3, 0.4) is 0 Å². The molecule has 2 atom stereocenters. The summed E-state index contributed by atoms with van der Waals surface area (Å²) in [7, 11) is 0. The molecule has 2 aromatic carbocycles. The van der Waals surface area contributed by atoms with E-state index in [1.54, 1.807) is 30.3 Å². The zero-order valence-electron chi connectivity index (χ0n) is 12.8. The maximum absolute atomic E-state index is 11.5. The third-order valence-electron chi connectivity index (χ3n) is 3.80. The molecule has 132 valence electrons. The van der Waals surface area contributed by atoms with Crippen LogP contribution < -0.4 is 10.6 Å². The molecule has 4 nitrogen and oxygen atoms in total. The summed E-state index contributed by atoms with van der Waals surface area (Å²) in [6, 6.07) is 12.6. The summed E-state index contributed by atoms with van der Waals surface area (Å²) >= 11 is 23.5. The van der Waals surface area contributed by atoms with Crippen molar-refractivity contribution in [1.82, 2.24) is 5.32 Å². The number of hydrogen-bond acceptors (Lipinski definition) is 3. The van der Waals surface area contributed by atoms with Gasteiger partial charge in [-0.25, -0.2) is 0 Å². The maximum Gasteiger partial charge on any atom is 0.257 e. The number of carbonyl (C=O) groups is 1. The van der Waals surface area contributed by atoms with Crippen molar-refractivity contribution in [1.29, 1.82) is 0 Å². The zero-order chi connectivity index (χ0) is 18.0. The topological polar surface area (TPSA) is 50.4 Å². The van der Waals surface area contributed by atoms with Gasteiger partial charge in [-0.15, -0.1) is 0 Å². The van der Waals surface area contributed by atoms with Crippen LogP contribution in [0.2, 0.25) is 10.0 Å². The Labute approximate surface area is 165 Å². The van der Waals surface area contributed by atoms with Gasteiger partial charge in [-0.2, -0.15) is 0 Å². The van der Waals surface area contributed by atoms with Crippen molar-refractivity contribution >= 4 is 58.0 Å². The molecule has 3 rings (SSSR count). The molecule has 8 heteroatoms. The highest BCUT2D eigenvalue weighted by Gasteiger charge is 2.29. The van der Waals surface area contributed by atoms with Gasteiger partial charge < -0.3 is 10.1 Å². The van der Waals surface area contributed by atoms with Gasteiger partial charge in [-0.05, 0) is 29.8 Å². The number of carbonyl (C=O) groups excluding carboxylic acids is 1. The molecule has 1 aliphatic rings. The normalized spacial score (nSPS) is 20.0. The highest BCUT2D eigenvalue weighted by Crippen LogP contribution is 2.37. The number of alkyl halides is 2. The third kappa shape index (κ3) is 4.40. The van der Waals surface area contributed by atoms with Gasteiger partial charge in [0.05, 0.1) is 6.10 Å². The number of halogens is 4. The van der Waals surface area contributed by atoms with Crippen LogP contribution in [0.1, 0.15) is 23.5 Å². The van der Waals surface area contributed by atoms with E-state index in [9.17, 15) is 4.79 Å². The minimum Gasteiger partial charge on any atom is -0.350 e. The SMILES string of the molecule is O=C(Nc1ccc(C2CNC(c3c(Cl)cccc3Cl)O2)cc1)C(Cl)Cl. The Morgan fingerprint density at radius 2 is 1.76 bits per heavy atom. The van der Waals surface area contributed by atoms with E-state index in [1.807, 2.05) is 12.1 Å². The van der Waals surface area contributed by atoms with E-state index >= 15 is 0 Å². The lowest BCUT2D eigenvalue weighted by Gasteiger charge is -2.16. The Bertz CT molecular complexity index is 747. The minimum absolute atomic E-state index is 0.157. The predicted molar refractivity (Wildman–Crippen MR) is 102 cm³/mol. The van der Waals surface area contributed by atoms with E-state index in [1.165, 1.54) is 0 Å². The minimum atomic E-state index is -1.11. The molecule has 0 aromatic heterocycles. The fraction of sp³-hybridized carbons (Fsp3) is 0.235. The Hall–Kier alpha value is -1.01. The smallest absolute Gasteiger partial charge is 0.257 e. The number of nitrogens with one attached hydrogen (secondary N) is 2. The molecule has 0 saturated carbocycles. The number of benzene rings is 2. The molecule has 2 aromatic rings. The number of ether oxygens (including phenoxy) is 1. The average molecular weight is 420 g/mol. The van der Waals surface area contributed by atoms with Crippen molar-refractivity contribution in [2.24, 2.45) is 0 Å². The molecule has 0 spiro atoms. The van der Waals surface area contributed by atoms with Gasteiger partial charge in [-0.3, -0.25) is 10.1 Å². The van der Waals surface area contributed by atoms with Crippen LogP contribution in [0, 0.1) is 0 Å². The monoisotopic (exact) mass is 418 g/mol. The molecule has 1 aliphatic heterocycles. The van der Waals surface area contributed by atoms with Crippen LogP contribution in [0.15, 0.2) is 42.5 Å². The Balaban J connectivity index is 1.69. The van der Waals surface area contributed by atoms with Gasteiger partial charge in [0.2, 0.25) is 0 Å². The van der Waals surface area contributed by atoms with Gasteiger partial charge in [0.15, 0.2) is 4.84 Å². The molecule has 2 unspecified atom stereocenters. The largest absolute Gasteiger partial charge is 0.350 e. The van der Waals surface area contributed by atoms with Crippen molar-refractivity contribution in [2.75, 3.05) is 11.9 Å². The molecule has 0 bridgehead atoms. The molecule has 1 amide bonds. The van der Waals surface area contributed by atoms with E-state index < -0.39 is 10.7 Å². The summed E-state index contributed by atoms with van der Waals surface area (Å²) in [4.78, 5) is 10.4. The second-order valence-electron chi connectivity index (χ2n) is 5.46. The molecule has 1 saturated heterocycles. The highest BCUT2D eigenvalue weighted by atomic mass is 35.5. The lowest BCUT2D eigenvalue weighted by Crippen LogP contribution is -2.18. The standard InChI is InChI=1S/C17H14Cl4N2O2/c18-11-2-1-3-12(19)14(11)17-22-8-13(25-17)9-4-6-10(7-5-9)23-16(24)15(20)21/h1-7,13,15,17,22H,8H2,(H,23,24). The van der Waals surface area contributed by atoms with Crippen molar-refractivity contribution in [3.05, 3.63) is 63.6 Å². The average Bonchev–Trinajstić information content (AvgIpc) is 3.05. The van der Waals surface area contributed by atoms with Crippen molar-refractivity contribution in [3.63, 3.8) is 0 Å². The lowest BCUT2D eigenvalue weighted by atomic mass is 10.1. The van der Waals surface area contributed by atoms with Crippen LogP contribution >= 0.6 is 46.4 Å². The van der Waals surface area contributed by atoms with Crippen LogP contribution in [-0.2, 0) is 9.53 Å². The van der Waals surface area contributed by atoms with Crippen LogP contribution in [-0.4, -0.2) is 17.3 Å². The van der Waals surface area contributed by atoms with Crippen LogP contribution in [0.25, 0.3) is 0 Å². The second kappa shape index (κ2) is 8.12. The summed E-state index contributed by atoms with van der Waals surface area (Å²) in [6.07, 6.45) is -0.533. The quantitative estimate of drug-likeness (QED) is 0.678. The first-order chi connectivity index (χ1) is 12.0. The van der Waals surface area contributed by atoms with E-state index in [4.69, 9.17) is 51.1 Å². The fourth-order valence-corrected chi connectivity index (χ4v) is 3.28. The summed E-state index contributed by atoms with van der Waals surface area (Å²) < 4.78 is 6.04. The molecule has 1 heterocycles. The van der Waals surface area contributed by atoms with Gasteiger partial charge in [0.1, 0.15) is 6.23 Å². The molecule has 25 heavy (non-hydrogen) atoms. The van der Waals surface area contributed by atoms with E-state index in [0.29, 0.717) is 22.3 Å². The Morgan fingerprint density at radius 1 is 1.12 bits per heavy atom. The first-order valence-electron chi connectivity index (χ1n) is 7.47. The van der Waals surface area contributed by atoms with Gasteiger partial charge >= 0.3 is 0 Å². The first kappa shape index (κ1) is 18.8. The zero-order valence-corrected chi connectivity index (χ0v) is 15.8. The number of anilines is 1. The number of rotatable bonds is 4. The molecule has 1 fully saturated rings. The van der Waals surface area contributed by atoms with Crippen molar-refractivity contribution in [3.8, 4) is 0 Å². The van der Waals surface area contributed by atoms with Crippen molar-refractivity contribution < 1.29 is 9.53 Å². The Morgan fingerprint density at radius 3 is 2.36 bits per heavy atom. The summed E-state index contributed by atoms with van der Waals surface area (Å²) in [6.45, 7) is 0.614. The van der Waals surface area contributed by atoms with Crippen LogP contribution in [0.4, 0.5) is 5.69 Å². The summed E-state index contributed by atoms with van der Waals surface area (Å²) in [5.41, 5.74) is 2.30. The van der Waals surface area contributed by atoms with E-state index in [-0.39, 0.29) is 12.3 Å². The highest BCUT2D eigenvalue weighted by molar-refractivity contribution is 6.54. The van der Waals surface area contributed by atoms with Crippen molar-refractivity contribution in [2.45, 2.75) is 17.2 Å². The molecule has 0 radical (unpaired) electrons. The predicted octanol–water partition coefficient (Wildman–Crippen LogP) is 5.10. The summed E-state index contributed by atoms with van der Waals surface area (Å²) in [5.74, 6) is -0.469. The van der Waals surface area contributed by atoms with Gasteiger partial charge in [-0.1, -0.05) is 64.6 Å². The van der Waals surface area contributed by atoms with Gasteiger partial charge in [0, 0.05) is 27.8 Å². The Kier molecular flexibility index (Phi) is 6.10. The third-order valence-corrected chi connectivity index (χ3v) is 4.85. The summed E-state index contributed by atoms with van der Waals surface area (Å²) in [5, 5.41) is 7.00. The molecular formula is C17H14Cl4N2O2. The number of hydrogen-bond donors (Lipinski definition) is 2. The van der Waals surface area contributed by atoms with E-state index in [2.05, 4.69) is 10.6 Å². The van der Waals surface area contributed by atoms with E-state index in [0.717, 1.165) is 11.1 Å². The lowest BCUT2D eigenvalue weighted by molar-refractivity contribution is -0.114.